The highest BCUT2D eigenvalue weighted by Gasteiger charge is 2.34. The first kappa shape index (κ1) is 19.0. The van der Waals surface area contributed by atoms with Gasteiger partial charge < -0.3 is 29.6 Å². The van der Waals surface area contributed by atoms with E-state index in [4.69, 9.17) is 24.9 Å². The van der Waals surface area contributed by atoms with Crippen LogP contribution in [0.4, 0.5) is 0 Å². The minimum Gasteiger partial charge on any atom is -0.458 e. The van der Waals surface area contributed by atoms with Gasteiger partial charge in [-0.05, 0) is 30.7 Å². The van der Waals surface area contributed by atoms with E-state index < -0.39 is 12.1 Å². The summed E-state index contributed by atoms with van der Waals surface area (Å²) in [4.78, 5) is 29.9. The lowest BCUT2D eigenvalue weighted by atomic mass is 9.98. The zero-order chi connectivity index (χ0) is 22.0. The summed E-state index contributed by atoms with van der Waals surface area (Å²) >= 11 is 0. The number of carbonyl (C=O) groups excluding carboxylic acids is 1. The van der Waals surface area contributed by atoms with Crippen molar-refractivity contribution in [2.24, 2.45) is 5.73 Å². The Kier molecular flexibility index (Phi) is 4.11. The minimum atomic E-state index is -1.49. The topological polar surface area (TPSA) is 126 Å². The first-order valence-corrected chi connectivity index (χ1v) is 10.3. The number of ether oxygens (including phenoxy) is 3. The van der Waals surface area contributed by atoms with Crippen LogP contribution in [0.3, 0.4) is 0 Å². The van der Waals surface area contributed by atoms with E-state index in [1.54, 1.807) is 10.6 Å². The molecule has 0 amide bonds. The second kappa shape index (κ2) is 6.91. The summed E-state index contributed by atoms with van der Waals surface area (Å²) in [5, 5.41) is 11.2. The summed E-state index contributed by atoms with van der Waals surface area (Å²) in [6.45, 7) is 0.843. The number of pyridine rings is 2. The molecule has 0 saturated carbocycles. The van der Waals surface area contributed by atoms with Crippen molar-refractivity contribution in [3.05, 3.63) is 56.9 Å². The molecule has 3 N–H and O–H groups in total. The SMILES string of the molecule is NCC/C=C/c1c2c(nc3cc4c(cc13)OCO4)-c1cc3c(c(=O)n1C2)COC(=O)C3O. The molecule has 9 heteroatoms. The van der Waals surface area contributed by atoms with E-state index in [2.05, 4.69) is 0 Å². The standard InChI is InChI=1S/C23H19N3O6/c24-4-2-1-3-11-12-6-18-19(32-10-31-18)7-16(12)25-20-14(11)8-26-17(20)5-13-15(22(26)28)9-30-23(29)21(13)27/h1,3,5-7,21,27H,2,4,8-10,24H2/b3-1+. The minimum absolute atomic E-state index is 0.152. The summed E-state index contributed by atoms with van der Waals surface area (Å²) < 4.78 is 17.6. The lowest BCUT2D eigenvalue weighted by molar-refractivity contribution is -0.157. The van der Waals surface area contributed by atoms with Gasteiger partial charge in [0.05, 0.1) is 29.0 Å². The highest BCUT2D eigenvalue weighted by Crippen LogP contribution is 2.42. The Labute approximate surface area is 181 Å². The molecule has 5 heterocycles. The molecular formula is C23H19N3O6. The fourth-order valence-electron chi connectivity index (χ4n) is 4.53. The lowest BCUT2D eigenvalue weighted by Gasteiger charge is -2.21. The van der Waals surface area contributed by atoms with Crippen molar-refractivity contribution in [1.82, 2.24) is 9.55 Å². The van der Waals surface area contributed by atoms with Crippen LogP contribution in [-0.2, 0) is 22.7 Å². The van der Waals surface area contributed by atoms with Crippen LogP contribution in [0.15, 0.2) is 29.1 Å². The molecule has 1 atom stereocenters. The van der Waals surface area contributed by atoms with Gasteiger partial charge in [-0.3, -0.25) is 4.79 Å². The average Bonchev–Trinajstić information content (AvgIpc) is 3.39. The van der Waals surface area contributed by atoms with E-state index in [1.807, 2.05) is 24.3 Å². The van der Waals surface area contributed by atoms with Crippen molar-refractivity contribution in [1.29, 1.82) is 0 Å². The normalized spacial score (nSPS) is 18.1. The Hall–Kier alpha value is -3.69. The van der Waals surface area contributed by atoms with Crippen LogP contribution < -0.4 is 20.8 Å². The number of cyclic esters (lactones) is 1. The second-order valence-electron chi connectivity index (χ2n) is 7.92. The fraction of sp³-hybridized carbons (Fsp3) is 0.261. The molecular weight excluding hydrogens is 414 g/mol. The number of nitrogens with zero attached hydrogens (tertiary/aromatic N) is 2. The van der Waals surface area contributed by atoms with E-state index in [9.17, 15) is 14.7 Å². The fourth-order valence-corrected chi connectivity index (χ4v) is 4.53. The molecule has 32 heavy (non-hydrogen) atoms. The lowest BCUT2D eigenvalue weighted by Crippen LogP contribution is -2.32. The number of aromatic nitrogens is 2. The maximum absolute atomic E-state index is 13.2. The molecule has 162 valence electrons. The van der Waals surface area contributed by atoms with Gasteiger partial charge >= 0.3 is 5.97 Å². The summed E-state index contributed by atoms with van der Waals surface area (Å²) in [5.41, 5.74) is 9.63. The Bertz CT molecular complexity index is 1410. The number of esters is 1. The van der Waals surface area contributed by atoms with Gasteiger partial charge in [0.15, 0.2) is 17.6 Å². The molecule has 3 aromatic rings. The van der Waals surface area contributed by atoms with Gasteiger partial charge in [-0.1, -0.05) is 12.2 Å². The molecule has 3 aliphatic rings. The number of fused-ring (bicyclic) bond motifs is 6. The Balaban J connectivity index is 1.62. The highest BCUT2D eigenvalue weighted by molar-refractivity contribution is 5.95. The summed E-state index contributed by atoms with van der Waals surface area (Å²) in [6.07, 6.45) is 3.21. The van der Waals surface area contributed by atoms with Gasteiger partial charge in [0.1, 0.15) is 6.61 Å². The van der Waals surface area contributed by atoms with Crippen LogP contribution in [0.2, 0.25) is 0 Å². The van der Waals surface area contributed by atoms with Gasteiger partial charge in [0, 0.05) is 22.6 Å². The Morgan fingerprint density at radius 3 is 2.78 bits per heavy atom. The predicted molar refractivity (Wildman–Crippen MR) is 114 cm³/mol. The van der Waals surface area contributed by atoms with Gasteiger partial charge in [-0.25, -0.2) is 9.78 Å². The van der Waals surface area contributed by atoms with E-state index in [1.165, 1.54) is 0 Å². The van der Waals surface area contributed by atoms with Crippen molar-refractivity contribution < 1.29 is 24.1 Å². The van der Waals surface area contributed by atoms with Gasteiger partial charge in [-0.2, -0.15) is 0 Å². The van der Waals surface area contributed by atoms with Crippen molar-refractivity contribution in [2.75, 3.05) is 13.3 Å². The molecule has 3 aliphatic heterocycles. The third kappa shape index (κ3) is 2.61. The average molecular weight is 433 g/mol. The number of hydrogen-bond donors (Lipinski definition) is 2. The van der Waals surface area contributed by atoms with Crippen molar-refractivity contribution in [2.45, 2.75) is 25.7 Å². The van der Waals surface area contributed by atoms with Crippen LogP contribution in [0.5, 0.6) is 11.5 Å². The molecule has 6 rings (SSSR count). The molecule has 2 aromatic heterocycles. The third-order valence-corrected chi connectivity index (χ3v) is 6.11. The Morgan fingerprint density at radius 1 is 1.16 bits per heavy atom. The number of benzene rings is 1. The number of hydrogen-bond acceptors (Lipinski definition) is 8. The first-order valence-electron chi connectivity index (χ1n) is 10.3. The molecule has 0 radical (unpaired) electrons. The van der Waals surface area contributed by atoms with Crippen molar-refractivity contribution in [3.63, 3.8) is 0 Å². The summed E-state index contributed by atoms with van der Waals surface area (Å²) in [6, 6.07) is 5.40. The first-order chi connectivity index (χ1) is 15.6. The number of aliphatic hydroxyl groups is 1. The van der Waals surface area contributed by atoms with E-state index in [0.29, 0.717) is 53.5 Å². The van der Waals surface area contributed by atoms with Crippen LogP contribution in [-0.4, -0.2) is 34.0 Å². The molecule has 0 bridgehead atoms. The maximum Gasteiger partial charge on any atom is 0.340 e. The van der Waals surface area contributed by atoms with Crippen molar-refractivity contribution in [3.8, 4) is 22.9 Å². The molecule has 9 nitrogen and oxygen atoms in total. The summed E-state index contributed by atoms with van der Waals surface area (Å²) in [7, 11) is 0. The van der Waals surface area contributed by atoms with E-state index in [-0.39, 0.29) is 24.5 Å². The highest BCUT2D eigenvalue weighted by atomic mass is 16.7. The monoisotopic (exact) mass is 433 g/mol. The van der Waals surface area contributed by atoms with Crippen LogP contribution >= 0.6 is 0 Å². The smallest absolute Gasteiger partial charge is 0.340 e. The van der Waals surface area contributed by atoms with Crippen molar-refractivity contribution >= 4 is 22.9 Å². The molecule has 1 unspecified atom stereocenters. The third-order valence-electron chi connectivity index (χ3n) is 6.11. The molecule has 0 aliphatic carbocycles. The molecule has 0 saturated heterocycles. The van der Waals surface area contributed by atoms with Crippen LogP contribution in [0.25, 0.3) is 28.4 Å². The number of nitrogens with two attached hydrogens (primary N) is 1. The largest absolute Gasteiger partial charge is 0.458 e. The van der Waals surface area contributed by atoms with E-state index in [0.717, 1.165) is 16.5 Å². The van der Waals surface area contributed by atoms with Gasteiger partial charge in [0.25, 0.3) is 5.56 Å². The van der Waals surface area contributed by atoms with Gasteiger partial charge in [0.2, 0.25) is 6.79 Å². The Morgan fingerprint density at radius 2 is 1.97 bits per heavy atom. The van der Waals surface area contributed by atoms with Gasteiger partial charge in [-0.15, -0.1) is 0 Å². The molecule has 0 fully saturated rings. The quantitative estimate of drug-likeness (QED) is 0.467. The van der Waals surface area contributed by atoms with Crippen LogP contribution in [0, 0.1) is 0 Å². The number of carbonyl (C=O) groups is 1. The summed E-state index contributed by atoms with van der Waals surface area (Å²) in [5.74, 6) is 0.500. The molecule has 0 spiro atoms. The van der Waals surface area contributed by atoms with E-state index >= 15 is 0 Å². The van der Waals surface area contributed by atoms with Crippen LogP contribution in [0.1, 0.15) is 34.8 Å². The zero-order valence-corrected chi connectivity index (χ0v) is 17.0. The molecule has 1 aromatic carbocycles. The maximum atomic E-state index is 13.2. The number of rotatable bonds is 3. The second-order valence-corrected chi connectivity index (χ2v) is 7.92. The zero-order valence-electron chi connectivity index (χ0n) is 17.0. The predicted octanol–water partition coefficient (Wildman–Crippen LogP) is 1.61. The number of aliphatic hydroxyl groups excluding tert-OH is 1.